The summed E-state index contributed by atoms with van der Waals surface area (Å²) in [7, 11) is -3.65. The van der Waals surface area contributed by atoms with Crippen molar-refractivity contribution < 1.29 is 17.6 Å². The van der Waals surface area contributed by atoms with E-state index < -0.39 is 10.0 Å². The second-order valence-electron chi connectivity index (χ2n) is 6.09. The molecule has 0 spiro atoms. The average Bonchev–Trinajstić information content (AvgIpc) is 3.12. The Bertz CT molecular complexity index is 831. The SMILES string of the molecule is CSc1ccc(S(=O)(=O)NCCCc2ccco2)cc1NC(=O)C(C)C. The number of rotatable bonds is 9. The van der Waals surface area contributed by atoms with Crippen molar-refractivity contribution in [3.63, 3.8) is 0 Å². The number of benzene rings is 1. The average molecular weight is 397 g/mol. The summed E-state index contributed by atoms with van der Waals surface area (Å²) in [5, 5.41) is 2.79. The molecule has 1 amide bonds. The molecule has 2 rings (SSSR count). The molecule has 0 aliphatic heterocycles. The molecule has 0 radical (unpaired) electrons. The standard InChI is InChI=1S/C18H24N2O4S2/c1-13(2)18(21)20-16-12-15(8-9-17(16)25-3)26(22,23)19-10-4-6-14-7-5-11-24-14/h5,7-9,11-13,19H,4,6,10H2,1-3H3,(H,20,21). The fourth-order valence-electron chi connectivity index (χ4n) is 2.24. The number of carbonyl (C=O) groups is 1. The molecule has 2 aromatic rings. The molecule has 0 atom stereocenters. The number of hydrogen-bond acceptors (Lipinski definition) is 5. The van der Waals surface area contributed by atoms with Crippen molar-refractivity contribution in [2.75, 3.05) is 18.1 Å². The first kappa shape index (κ1) is 20.5. The number of hydrogen-bond donors (Lipinski definition) is 2. The zero-order valence-electron chi connectivity index (χ0n) is 15.1. The number of sulfonamides is 1. The van der Waals surface area contributed by atoms with Gasteiger partial charge in [0.1, 0.15) is 5.76 Å². The minimum absolute atomic E-state index is 0.132. The zero-order valence-corrected chi connectivity index (χ0v) is 16.7. The largest absolute Gasteiger partial charge is 0.469 e. The van der Waals surface area contributed by atoms with Crippen molar-refractivity contribution in [1.29, 1.82) is 0 Å². The fraction of sp³-hybridized carbons (Fsp3) is 0.389. The summed E-state index contributed by atoms with van der Waals surface area (Å²) >= 11 is 1.45. The van der Waals surface area contributed by atoms with Crippen LogP contribution in [0.3, 0.4) is 0 Å². The highest BCUT2D eigenvalue weighted by Gasteiger charge is 2.17. The first-order valence-corrected chi connectivity index (χ1v) is 11.0. The van der Waals surface area contributed by atoms with Gasteiger partial charge in [-0.3, -0.25) is 4.79 Å². The van der Waals surface area contributed by atoms with Crippen LogP contribution in [0.4, 0.5) is 5.69 Å². The van der Waals surface area contributed by atoms with Gasteiger partial charge in [0.2, 0.25) is 15.9 Å². The number of furan rings is 1. The maximum Gasteiger partial charge on any atom is 0.240 e. The van der Waals surface area contributed by atoms with Crippen molar-refractivity contribution in [2.24, 2.45) is 5.92 Å². The Kier molecular flexibility index (Phi) is 7.31. The lowest BCUT2D eigenvalue weighted by Crippen LogP contribution is -2.25. The predicted molar refractivity (Wildman–Crippen MR) is 104 cm³/mol. The van der Waals surface area contributed by atoms with Crippen LogP contribution in [0.5, 0.6) is 0 Å². The van der Waals surface area contributed by atoms with Gasteiger partial charge in [-0.05, 0) is 43.0 Å². The Hall–Kier alpha value is -1.77. The summed E-state index contributed by atoms with van der Waals surface area (Å²) < 4.78 is 32.8. The van der Waals surface area contributed by atoms with Gasteiger partial charge in [-0.25, -0.2) is 13.1 Å². The van der Waals surface area contributed by atoms with Crippen molar-refractivity contribution in [1.82, 2.24) is 4.72 Å². The van der Waals surface area contributed by atoms with Gasteiger partial charge in [-0.1, -0.05) is 13.8 Å². The van der Waals surface area contributed by atoms with Crippen LogP contribution in [-0.4, -0.2) is 27.1 Å². The Balaban J connectivity index is 2.06. The first-order chi connectivity index (χ1) is 12.3. The van der Waals surface area contributed by atoms with Gasteiger partial charge >= 0.3 is 0 Å². The summed E-state index contributed by atoms with van der Waals surface area (Å²) in [6.07, 6.45) is 4.77. The monoisotopic (exact) mass is 396 g/mol. The van der Waals surface area contributed by atoms with E-state index in [1.165, 1.54) is 17.8 Å². The van der Waals surface area contributed by atoms with E-state index in [9.17, 15) is 13.2 Å². The highest BCUT2D eigenvalue weighted by Crippen LogP contribution is 2.28. The highest BCUT2D eigenvalue weighted by molar-refractivity contribution is 7.98. The van der Waals surface area contributed by atoms with Crippen LogP contribution < -0.4 is 10.0 Å². The van der Waals surface area contributed by atoms with E-state index in [1.54, 1.807) is 38.3 Å². The molecule has 8 heteroatoms. The number of carbonyl (C=O) groups excluding carboxylic acids is 1. The van der Waals surface area contributed by atoms with Crippen molar-refractivity contribution in [3.8, 4) is 0 Å². The van der Waals surface area contributed by atoms with Gasteiger partial charge in [-0.15, -0.1) is 11.8 Å². The third kappa shape index (κ3) is 5.62. The van der Waals surface area contributed by atoms with E-state index in [4.69, 9.17) is 4.42 Å². The summed E-state index contributed by atoms with van der Waals surface area (Å²) in [5.74, 6) is 0.484. The summed E-state index contributed by atoms with van der Waals surface area (Å²) in [4.78, 5) is 12.9. The number of thioether (sulfide) groups is 1. The van der Waals surface area contributed by atoms with Crippen LogP contribution in [0.25, 0.3) is 0 Å². The van der Waals surface area contributed by atoms with Crippen molar-refractivity contribution >= 4 is 33.4 Å². The normalized spacial score (nSPS) is 11.7. The van der Waals surface area contributed by atoms with E-state index in [1.807, 2.05) is 12.3 Å². The molecule has 26 heavy (non-hydrogen) atoms. The van der Waals surface area contributed by atoms with Crippen LogP contribution in [-0.2, 0) is 21.2 Å². The minimum atomic E-state index is -3.65. The Morgan fingerprint density at radius 1 is 1.27 bits per heavy atom. The van der Waals surface area contributed by atoms with Crippen molar-refractivity contribution in [2.45, 2.75) is 36.5 Å². The van der Waals surface area contributed by atoms with E-state index in [0.717, 1.165) is 10.7 Å². The molecule has 6 nitrogen and oxygen atoms in total. The second-order valence-corrected chi connectivity index (χ2v) is 8.70. The maximum absolute atomic E-state index is 12.5. The van der Waals surface area contributed by atoms with Gasteiger partial charge in [0.25, 0.3) is 0 Å². The summed E-state index contributed by atoms with van der Waals surface area (Å²) in [5.41, 5.74) is 0.509. The Morgan fingerprint density at radius 2 is 2.04 bits per heavy atom. The van der Waals surface area contributed by atoms with Gasteiger partial charge in [0, 0.05) is 23.8 Å². The second kappa shape index (κ2) is 9.25. The third-order valence-electron chi connectivity index (χ3n) is 3.74. The lowest BCUT2D eigenvalue weighted by atomic mass is 10.2. The zero-order chi connectivity index (χ0) is 19.2. The first-order valence-electron chi connectivity index (χ1n) is 8.34. The third-order valence-corrected chi connectivity index (χ3v) is 5.99. The molecule has 0 saturated carbocycles. The molecule has 0 unspecified atom stereocenters. The minimum Gasteiger partial charge on any atom is -0.469 e. The Morgan fingerprint density at radius 3 is 2.65 bits per heavy atom. The van der Waals surface area contributed by atoms with Gasteiger partial charge < -0.3 is 9.73 Å². The quantitative estimate of drug-likeness (QED) is 0.500. The van der Waals surface area contributed by atoms with Crippen LogP contribution in [0.1, 0.15) is 26.0 Å². The lowest BCUT2D eigenvalue weighted by molar-refractivity contribution is -0.118. The smallest absolute Gasteiger partial charge is 0.240 e. The summed E-state index contributed by atoms with van der Waals surface area (Å²) in [6.45, 7) is 3.88. The molecule has 0 fully saturated rings. The topological polar surface area (TPSA) is 88.4 Å². The number of anilines is 1. The molecule has 0 saturated heterocycles. The molecule has 1 aromatic heterocycles. The van der Waals surface area contributed by atoms with Crippen LogP contribution in [0, 0.1) is 5.92 Å². The molecular formula is C18H24N2O4S2. The molecule has 142 valence electrons. The van der Waals surface area contributed by atoms with E-state index in [-0.39, 0.29) is 16.7 Å². The van der Waals surface area contributed by atoms with Gasteiger partial charge in [-0.2, -0.15) is 0 Å². The molecule has 0 aliphatic rings. The molecule has 0 aliphatic carbocycles. The van der Waals surface area contributed by atoms with Crippen LogP contribution in [0.15, 0.2) is 50.8 Å². The molecule has 1 heterocycles. The van der Waals surface area contributed by atoms with Gasteiger partial charge in [0.05, 0.1) is 16.8 Å². The molecule has 1 aromatic carbocycles. The van der Waals surface area contributed by atoms with Crippen LogP contribution >= 0.6 is 11.8 Å². The van der Waals surface area contributed by atoms with E-state index in [0.29, 0.717) is 25.1 Å². The molecular weight excluding hydrogens is 372 g/mol. The van der Waals surface area contributed by atoms with E-state index >= 15 is 0 Å². The number of nitrogens with one attached hydrogen (secondary N) is 2. The number of aryl methyl sites for hydroxylation is 1. The molecule has 0 bridgehead atoms. The fourth-order valence-corrected chi connectivity index (χ4v) is 3.87. The van der Waals surface area contributed by atoms with Crippen molar-refractivity contribution in [3.05, 3.63) is 42.4 Å². The Labute approximate surface area is 158 Å². The summed E-state index contributed by atoms with van der Waals surface area (Å²) in [6, 6.07) is 8.42. The predicted octanol–water partition coefficient (Wildman–Crippen LogP) is 3.51. The highest BCUT2D eigenvalue weighted by atomic mass is 32.2. The lowest BCUT2D eigenvalue weighted by Gasteiger charge is -2.14. The van der Waals surface area contributed by atoms with E-state index in [2.05, 4.69) is 10.0 Å². The van der Waals surface area contributed by atoms with Gasteiger partial charge in [0.15, 0.2) is 0 Å². The number of amides is 1. The molecule has 2 N–H and O–H groups in total. The van der Waals surface area contributed by atoms with Crippen LogP contribution in [0.2, 0.25) is 0 Å². The maximum atomic E-state index is 12.5.